The molecule has 3 aromatic rings. The SMILES string of the molecule is CCc1ccc(OC(C)CCOc2ccc(CCC(=O)O)c(C)c2)c(C=Cc2ccccc2)c1. The Bertz CT molecular complexity index is 1100. The molecule has 0 aliphatic rings. The summed E-state index contributed by atoms with van der Waals surface area (Å²) in [6.07, 6.45) is 6.61. The number of carboxylic acid groups (broad SMARTS) is 1. The summed E-state index contributed by atoms with van der Waals surface area (Å²) in [7, 11) is 0. The zero-order valence-electron chi connectivity index (χ0n) is 20.3. The molecule has 3 aromatic carbocycles. The first-order valence-corrected chi connectivity index (χ1v) is 11.9. The van der Waals surface area contributed by atoms with Gasteiger partial charge in [0.2, 0.25) is 0 Å². The number of carboxylic acids is 1. The molecule has 0 aliphatic carbocycles. The summed E-state index contributed by atoms with van der Waals surface area (Å²) < 4.78 is 12.2. The van der Waals surface area contributed by atoms with Gasteiger partial charge < -0.3 is 14.6 Å². The van der Waals surface area contributed by atoms with Gasteiger partial charge in [0.1, 0.15) is 11.5 Å². The van der Waals surface area contributed by atoms with Crippen LogP contribution in [0, 0.1) is 6.92 Å². The fourth-order valence-corrected chi connectivity index (χ4v) is 3.70. The minimum Gasteiger partial charge on any atom is -0.493 e. The molecule has 178 valence electrons. The van der Waals surface area contributed by atoms with E-state index in [-0.39, 0.29) is 12.5 Å². The standard InChI is InChI=1S/C30H34O4/c1-4-24-11-16-29(27(21-24)12-10-25-8-6-5-7-9-25)34-23(3)18-19-33-28-15-13-26(22(2)20-28)14-17-30(31)32/h5-13,15-16,20-21,23H,4,14,17-19H2,1-3H3,(H,31,32). The zero-order valence-corrected chi connectivity index (χ0v) is 20.3. The van der Waals surface area contributed by atoms with Gasteiger partial charge in [0.15, 0.2) is 0 Å². The van der Waals surface area contributed by atoms with Gasteiger partial charge in [0.25, 0.3) is 0 Å². The summed E-state index contributed by atoms with van der Waals surface area (Å²) in [5.41, 5.74) is 5.59. The van der Waals surface area contributed by atoms with Crippen LogP contribution >= 0.6 is 0 Å². The summed E-state index contributed by atoms with van der Waals surface area (Å²) >= 11 is 0. The van der Waals surface area contributed by atoms with Crippen molar-refractivity contribution in [2.45, 2.75) is 52.6 Å². The summed E-state index contributed by atoms with van der Waals surface area (Å²) in [6, 6.07) is 22.4. The molecule has 4 heteroatoms. The van der Waals surface area contributed by atoms with E-state index < -0.39 is 5.97 Å². The fraction of sp³-hybridized carbons (Fsp3) is 0.300. The van der Waals surface area contributed by atoms with Gasteiger partial charge in [0.05, 0.1) is 12.7 Å². The van der Waals surface area contributed by atoms with Crippen LogP contribution in [-0.2, 0) is 17.6 Å². The highest BCUT2D eigenvalue weighted by atomic mass is 16.5. The molecule has 1 atom stereocenters. The molecule has 0 radical (unpaired) electrons. The molecule has 0 amide bonds. The van der Waals surface area contributed by atoms with Crippen LogP contribution in [-0.4, -0.2) is 23.8 Å². The maximum absolute atomic E-state index is 10.8. The van der Waals surface area contributed by atoms with Crippen LogP contribution in [0.3, 0.4) is 0 Å². The normalized spacial score (nSPS) is 12.0. The average molecular weight is 459 g/mol. The Kier molecular flexibility index (Phi) is 9.33. The maximum atomic E-state index is 10.8. The van der Waals surface area contributed by atoms with Crippen molar-refractivity contribution in [1.29, 1.82) is 0 Å². The molecule has 0 saturated carbocycles. The topological polar surface area (TPSA) is 55.8 Å². The van der Waals surface area contributed by atoms with E-state index >= 15 is 0 Å². The van der Waals surface area contributed by atoms with E-state index in [0.29, 0.717) is 13.0 Å². The van der Waals surface area contributed by atoms with Crippen molar-refractivity contribution in [3.8, 4) is 11.5 Å². The largest absolute Gasteiger partial charge is 0.493 e. The molecule has 4 nitrogen and oxygen atoms in total. The number of hydrogen-bond donors (Lipinski definition) is 1. The smallest absolute Gasteiger partial charge is 0.303 e. The number of aliphatic carboxylic acids is 1. The molecule has 0 saturated heterocycles. The van der Waals surface area contributed by atoms with Crippen molar-refractivity contribution in [2.24, 2.45) is 0 Å². The lowest BCUT2D eigenvalue weighted by Crippen LogP contribution is -2.16. The number of carbonyl (C=O) groups is 1. The van der Waals surface area contributed by atoms with Crippen LogP contribution in [0.5, 0.6) is 11.5 Å². The second-order valence-corrected chi connectivity index (χ2v) is 8.52. The highest BCUT2D eigenvalue weighted by molar-refractivity contribution is 5.73. The van der Waals surface area contributed by atoms with Gasteiger partial charge in [-0.05, 0) is 73.2 Å². The van der Waals surface area contributed by atoms with E-state index in [2.05, 4.69) is 56.3 Å². The Morgan fingerprint density at radius 1 is 1.03 bits per heavy atom. The third-order valence-electron chi connectivity index (χ3n) is 5.78. The number of aryl methyl sites for hydroxylation is 3. The van der Waals surface area contributed by atoms with Crippen molar-refractivity contribution in [2.75, 3.05) is 6.61 Å². The summed E-state index contributed by atoms with van der Waals surface area (Å²) in [4.78, 5) is 10.8. The van der Waals surface area contributed by atoms with E-state index in [0.717, 1.165) is 46.6 Å². The summed E-state index contributed by atoms with van der Waals surface area (Å²) in [6.45, 7) is 6.74. The van der Waals surface area contributed by atoms with Crippen LogP contribution in [0.4, 0.5) is 0 Å². The molecule has 1 unspecified atom stereocenters. The number of rotatable bonds is 12. The molecule has 1 N–H and O–H groups in total. The van der Waals surface area contributed by atoms with Gasteiger partial charge in [-0.15, -0.1) is 0 Å². The zero-order chi connectivity index (χ0) is 24.3. The Morgan fingerprint density at radius 2 is 1.82 bits per heavy atom. The van der Waals surface area contributed by atoms with E-state index in [1.165, 1.54) is 5.56 Å². The van der Waals surface area contributed by atoms with Crippen molar-refractivity contribution in [1.82, 2.24) is 0 Å². The van der Waals surface area contributed by atoms with E-state index in [1.54, 1.807) is 0 Å². The highest BCUT2D eigenvalue weighted by Gasteiger charge is 2.10. The van der Waals surface area contributed by atoms with Crippen LogP contribution < -0.4 is 9.47 Å². The van der Waals surface area contributed by atoms with Crippen LogP contribution in [0.2, 0.25) is 0 Å². The van der Waals surface area contributed by atoms with Crippen LogP contribution in [0.1, 0.15) is 54.5 Å². The van der Waals surface area contributed by atoms with Gasteiger partial charge in [-0.1, -0.05) is 61.5 Å². The second kappa shape index (κ2) is 12.6. The number of benzene rings is 3. The Hall–Kier alpha value is -3.53. The fourth-order valence-electron chi connectivity index (χ4n) is 3.70. The molecule has 34 heavy (non-hydrogen) atoms. The Balaban J connectivity index is 1.57. The molecular weight excluding hydrogens is 424 g/mol. The summed E-state index contributed by atoms with van der Waals surface area (Å²) in [5.74, 6) is 0.884. The van der Waals surface area contributed by atoms with Gasteiger partial charge in [-0.25, -0.2) is 0 Å². The molecule has 0 aromatic heterocycles. The first kappa shape index (κ1) is 25.1. The quantitative estimate of drug-likeness (QED) is 0.297. The summed E-state index contributed by atoms with van der Waals surface area (Å²) in [5, 5.41) is 8.88. The molecule has 0 aliphatic heterocycles. The lowest BCUT2D eigenvalue weighted by Gasteiger charge is -2.18. The third kappa shape index (κ3) is 7.80. The Labute approximate surface area is 202 Å². The van der Waals surface area contributed by atoms with E-state index in [9.17, 15) is 4.79 Å². The molecule has 0 bridgehead atoms. The van der Waals surface area contributed by atoms with Crippen LogP contribution in [0.15, 0.2) is 66.7 Å². The van der Waals surface area contributed by atoms with Crippen molar-refractivity contribution in [3.05, 3.63) is 94.5 Å². The van der Waals surface area contributed by atoms with Crippen molar-refractivity contribution in [3.63, 3.8) is 0 Å². The predicted molar refractivity (Wildman–Crippen MR) is 139 cm³/mol. The molecule has 0 fully saturated rings. The first-order valence-electron chi connectivity index (χ1n) is 11.9. The highest BCUT2D eigenvalue weighted by Crippen LogP contribution is 2.25. The predicted octanol–water partition coefficient (Wildman–Crippen LogP) is 6.98. The van der Waals surface area contributed by atoms with Crippen molar-refractivity contribution < 1.29 is 19.4 Å². The Morgan fingerprint density at radius 3 is 2.53 bits per heavy atom. The maximum Gasteiger partial charge on any atom is 0.303 e. The minimum atomic E-state index is -0.781. The van der Waals surface area contributed by atoms with Crippen molar-refractivity contribution >= 4 is 18.1 Å². The van der Waals surface area contributed by atoms with Gasteiger partial charge >= 0.3 is 5.97 Å². The molecule has 0 spiro atoms. The van der Waals surface area contributed by atoms with Gasteiger partial charge in [0, 0.05) is 18.4 Å². The second-order valence-electron chi connectivity index (χ2n) is 8.52. The molecular formula is C30H34O4. The van der Waals surface area contributed by atoms with Gasteiger partial charge in [-0.2, -0.15) is 0 Å². The first-order chi connectivity index (χ1) is 16.4. The lowest BCUT2D eigenvalue weighted by atomic mass is 10.0. The monoisotopic (exact) mass is 458 g/mol. The number of hydrogen-bond acceptors (Lipinski definition) is 3. The third-order valence-corrected chi connectivity index (χ3v) is 5.78. The van der Waals surface area contributed by atoms with Crippen LogP contribution in [0.25, 0.3) is 12.2 Å². The minimum absolute atomic E-state index is 0.00714. The van der Waals surface area contributed by atoms with E-state index in [4.69, 9.17) is 14.6 Å². The number of ether oxygens (including phenoxy) is 2. The lowest BCUT2D eigenvalue weighted by molar-refractivity contribution is -0.136. The molecule has 3 rings (SSSR count). The average Bonchev–Trinajstić information content (AvgIpc) is 2.83. The van der Waals surface area contributed by atoms with E-state index in [1.807, 2.05) is 43.3 Å². The molecule has 0 heterocycles. The van der Waals surface area contributed by atoms with Gasteiger partial charge in [-0.3, -0.25) is 4.79 Å².